The molecule has 1 N–H and O–H groups in total. The van der Waals surface area contributed by atoms with E-state index in [2.05, 4.69) is 9.80 Å². The fourth-order valence-electron chi connectivity index (χ4n) is 4.10. The molecule has 1 saturated carbocycles. The predicted octanol–water partition coefficient (Wildman–Crippen LogP) is 3.63. The first-order valence-corrected chi connectivity index (χ1v) is 10.0. The van der Waals surface area contributed by atoms with E-state index in [1.807, 2.05) is 0 Å². The third kappa shape index (κ3) is 3.41. The molecule has 30 heavy (non-hydrogen) atoms. The van der Waals surface area contributed by atoms with Crippen LogP contribution in [0.5, 0.6) is 11.5 Å². The molecule has 1 saturated heterocycles. The smallest absolute Gasteiger partial charge is 0.310 e. The van der Waals surface area contributed by atoms with Crippen molar-refractivity contribution in [3.05, 3.63) is 53.6 Å². The van der Waals surface area contributed by atoms with Crippen molar-refractivity contribution in [1.82, 2.24) is 9.80 Å². The third-order valence-electron chi connectivity index (χ3n) is 6.06. The Morgan fingerprint density at radius 1 is 1.03 bits per heavy atom. The number of carbonyl (C=O) groups is 1. The minimum atomic E-state index is -0.713. The Kier molecular flexibility index (Phi) is 4.47. The van der Waals surface area contributed by atoms with E-state index in [4.69, 9.17) is 9.73 Å². The van der Waals surface area contributed by atoms with Crippen LogP contribution in [0, 0.1) is 17.0 Å². The fraction of sp³-hybridized carbons (Fsp3) is 0.364. The highest BCUT2D eigenvalue weighted by molar-refractivity contribution is 6.03. The summed E-state index contributed by atoms with van der Waals surface area (Å²) in [5.74, 6) is -0.423. The van der Waals surface area contributed by atoms with E-state index in [9.17, 15) is 18.7 Å². The molecule has 3 aliphatic rings. The number of hydrogen-bond acceptors (Lipinski definition) is 5. The van der Waals surface area contributed by atoms with Crippen LogP contribution in [0.25, 0.3) is 0 Å². The Morgan fingerprint density at radius 2 is 1.70 bits per heavy atom. The van der Waals surface area contributed by atoms with Gasteiger partial charge in [0, 0.05) is 44.9 Å². The summed E-state index contributed by atoms with van der Waals surface area (Å²) in [6.45, 7) is 3.29. The number of hydrogen-bond donors (Lipinski definition) is 1. The predicted molar refractivity (Wildman–Crippen MR) is 106 cm³/mol. The van der Waals surface area contributed by atoms with Crippen molar-refractivity contribution >= 4 is 17.5 Å². The van der Waals surface area contributed by atoms with Crippen LogP contribution in [0.4, 0.5) is 14.5 Å². The molecule has 2 fully saturated rings. The van der Waals surface area contributed by atoms with Gasteiger partial charge >= 0.3 is 5.97 Å². The number of halogens is 2. The molecule has 6 nitrogen and oxygen atoms in total. The van der Waals surface area contributed by atoms with Crippen molar-refractivity contribution < 1.29 is 23.4 Å². The van der Waals surface area contributed by atoms with Crippen LogP contribution in [0.15, 0.2) is 41.4 Å². The second kappa shape index (κ2) is 7.05. The molecule has 8 heteroatoms. The highest BCUT2D eigenvalue weighted by atomic mass is 19.1. The van der Waals surface area contributed by atoms with Crippen LogP contribution >= 0.6 is 0 Å². The molecular formula is C22H21F2N3O3. The number of rotatable bonds is 3. The van der Waals surface area contributed by atoms with E-state index in [0.29, 0.717) is 55.6 Å². The van der Waals surface area contributed by atoms with Crippen molar-refractivity contribution in [3.63, 3.8) is 0 Å². The average molecular weight is 413 g/mol. The SMILES string of the molecule is O=C(O)C1(CN2CCN(C3=Nc4ccc(F)cc4Oc4cc(F)ccc43)CC2)CC1. The summed E-state index contributed by atoms with van der Waals surface area (Å²) < 4.78 is 33.4. The van der Waals surface area contributed by atoms with Crippen molar-refractivity contribution in [1.29, 1.82) is 0 Å². The van der Waals surface area contributed by atoms with Crippen molar-refractivity contribution in [2.24, 2.45) is 10.4 Å². The van der Waals surface area contributed by atoms with Gasteiger partial charge in [-0.05, 0) is 37.1 Å². The van der Waals surface area contributed by atoms with E-state index < -0.39 is 23.0 Å². The van der Waals surface area contributed by atoms with Crippen molar-refractivity contribution in [2.75, 3.05) is 32.7 Å². The number of carboxylic acids is 1. The zero-order valence-corrected chi connectivity index (χ0v) is 16.3. The molecule has 0 atom stereocenters. The number of carboxylic acid groups (broad SMARTS) is 1. The van der Waals surface area contributed by atoms with Gasteiger partial charge in [-0.25, -0.2) is 13.8 Å². The molecule has 2 aliphatic heterocycles. The van der Waals surface area contributed by atoms with E-state index in [1.54, 1.807) is 12.1 Å². The summed E-state index contributed by atoms with van der Waals surface area (Å²) in [4.78, 5) is 20.5. The highest BCUT2D eigenvalue weighted by Gasteiger charge is 2.51. The number of piperazine rings is 1. The summed E-state index contributed by atoms with van der Waals surface area (Å²) in [7, 11) is 0. The number of aliphatic imine (C=N–C) groups is 1. The van der Waals surface area contributed by atoms with E-state index in [-0.39, 0.29) is 5.75 Å². The zero-order valence-electron chi connectivity index (χ0n) is 16.3. The van der Waals surface area contributed by atoms with Crippen LogP contribution in [-0.2, 0) is 4.79 Å². The Morgan fingerprint density at radius 3 is 2.37 bits per heavy atom. The Bertz CT molecular complexity index is 1040. The van der Waals surface area contributed by atoms with Gasteiger partial charge in [0.25, 0.3) is 0 Å². The van der Waals surface area contributed by atoms with Gasteiger partial charge in [0.05, 0.1) is 11.0 Å². The number of amidine groups is 1. The fourth-order valence-corrected chi connectivity index (χ4v) is 4.10. The van der Waals surface area contributed by atoms with Gasteiger partial charge in [-0.1, -0.05) is 0 Å². The second-order valence-electron chi connectivity index (χ2n) is 8.14. The summed E-state index contributed by atoms with van der Waals surface area (Å²) in [6.07, 6.45) is 1.47. The van der Waals surface area contributed by atoms with Crippen molar-refractivity contribution in [2.45, 2.75) is 12.8 Å². The lowest BCUT2D eigenvalue weighted by Crippen LogP contribution is -2.50. The molecular weight excluding hydrogens is 392 g/mol. The quantitative estimate of drug-likeness (QED) is 0.833. The van der Waals surface area contributed by atoms with Gasteiger partial charge in [-0.2, -0.15) is 0 Å². The molecule has 0 amide bonds. The maximum atomic E-state index is 13.9. The molecule has 2 heterocycles. The van der Waals surface area contributed by atoms with Crippen molar-refractivity contribution in [3.8, 4) is 11.5 Å². The van der Waals surface area contributed by atoms with E-state index in [1.165, 1.54) is 24.3 Å². The lowest BCUT2D eigenvalue weighted by atomic mass is 10.1. The van der Waals surface area contributed by atoms with Crippen LogP contribution in [0.1, 0.15) is 18.4 Å². The minimum absolute atomic E-state index is 0.243. The lowest BCUT2D eigenvalue weighted by Gasteiger charge is -2.37. The normalized spacial score (nSPS) is 19.8. The average Bonchev–Trinajstić information content (AvgIpc) is 3.51. The van der Waals surface area contributed by atoms with Crippen LogP contribution in [0.2, 0.25) is 0 Å². The topological polar surface area (TPSA) is 65.4 Å². The van der Waals surface area contributed by atoms with Crippen LogP contribution < -0.4 is 4.74 Å². The van der Waals surface area contributed by atoms with E-state index >= 15 is 0 Å². The number of nitrogens with zero attached hydrogens (tertiary/aromatic N) is 3. The number of aliphatic carboxylic acids is 1. The third-order valence-corrected chi connectivity index (χ3v) is 6.06. The lowest BCUT2D eigenvalue weighted by molar-refractivity contribution is -0.144. The zero-order chi connectivity index (χ0) is 20.9. The van der Waals surface area contributed by atoms with Gasteiger partial charge in [0.15, 0.2) is 5.75 Å². The van der Waals surface area contributed by atoms with Gasteiger partial charge in [-0.3, -0.25) is 9.69 Å². The maximum absolute atomic E-state index is 13.9. The largest absolute Gasteiger partial charge is 0.481 e. The molecule has 0 unspecified atom stereocenters. The Balaban J connectivity index is 1.42. The first kappa shape index (κ1) is 19.0. The molecule has 0 radical (unpaired) electrons. The molecule has 0 spiro atoms. The Hall–Kier alpha value is -3.00. The van der Waals surface area contributed by atoms with Gasteiger partial charge in [0.2, 0.25) is 0 Å². The van der Waals surface area contributed by atoms with Crippen LogP contribution in [0.3, 0.4) is 0 Å². The molecule has 0 bridgehead atoms. The highest BCUT2D eigenvalue weighted by Crippen LogP contribution is 2.46. The molecule has 156 valence electrons. The maximum Gasteiger partial charge on any atom is 0.310 e. The van der Waals surface area contributed by atoms with Gasteiger partial charge < -0.3 is 14.7 Å². The van der Waals surface area contributed by atoms with E-state index in [0.717, 1.165) is 12.8 Å². The second-order valence-corrected chi connectivity index (χ2v) is 8.14. The number of benzene rings is 2. The summed E-state index contributed by atoms with van der Waals surface area (Å²) in [5, 5.41) is 9.44. The first-order valence-electron chi connectivity index (χ1n) is 10.0. The summed E-state index contributed by atoms with van der Waals surface area (Å²) in [5.41, 5.74) is 0.544. The monoisotopic (exact) mass is 413 g/mol. The summed E-state index contributed by atoms with van der Waals surface area (Å²) >= 11 is 0. The molecule has 2 aromatic carbocycles. The molecule has 5 rings (SSSR count). The minimum Gasteiger partial charge on any atom is -0.481 e. The standard InChI is InChI=1S/C22H21F2N3O3/c23-14-1-3-16-18(11-14)30-19-12-15(24)2-4-17(19)25-20(16)27-9-7-26(8-10-27)13-22(5-6-22)21(28)29/h1-4,11-12H,5-10,13H2,(H,28,29). The first-order chi connectivity index (χ1) is 14.4. The van der Waals surface area contributed by atoms with Crippen LogP contribution in [-0.4, -0.2) is 59.4 Å². The molecule has 0 aromatic heterocycles. The van der Waals surface area contributed by atoms with Gasteiger partial charge in [0.1, 0.15) is 28.9 Å². The number of fused-ring (bicyclic) bond motifs is 2. The number of ether oxygens (including phenoxy) is 1. The molecule has 1 aliphatic carbocycles. The van der Waals surface area contributed by atoms with Gasteiger partial charge in [-0.15, -0.1) is 0 Å². The summed E-state index contributed by atoms with van der Waals surface area (Å²) in [6, 6.07) is 8.38. The molecule has 2 aromatic rings. The Labute approximate surface area is 172 Å².